The molecule has 0 aliphatic rings. The summed E-state index contributed by atoms with van der Waals surface area (Å²) in [5.74, 6) is -0.524. The first-order chi connectivity index (χ1) is 13.5. The molecule has 0 atom stereocenters. The fraction of sp³-hybridized carbons (Fsp3) is 0.263. The fourth-order valence-corrected chi connectivity index (χ4v) is 2.51. The molecule has 2 aromatic heterocycles. The van der Waals surface area contributed by atoms with E-state index >= 15 is 0 Å². The van der Waals surface area contributed by atoms with Gasteiger partial charge in [-0.1, -0.05) is 0 Å². The van der Waals surface area contributed by atoms with Gasteiger partial charge in [0.1, 0.15) is 17.2 Å². The van der Waals surface area contributed by atoms with Gasteiger partial charge >= 0.3 is 6.01 Å². The van der Waals surface area contributed by atoms with Gasteiger partial charge < -0.3 is 14.8 Å². The molecule has 0 saturated carbocycles. The molecule has 146 valence electrons. The normalized spacial score (nSPS) is 10.6. The molecule has 8 nitrogen and oxygen atoms in total. The van der Waals surface area contributed by atoms with Gasteiger partial charge in [-0.2, -0.15) is 10.1 Å². The van der Waals surface area contributed by atoms with Gasteiger partial charge in [-0.05, 0) is 44.2 Å². The van der Waals surface area contributed by atoms with Crippen LogP contribution in [0, 0.1) is 5.82 Å². The summed E-state index contributed by atoms with van der Waals surface area (Å²) < 4.78 is 25.3. The summed E-state index contributed by atoms with van der Waals surface area (Å²) in [5, 5.41) is 7.05. The molecule has 1 aromatic carbocycles. The zero-order valence-electron chi connectivity index (χ0n) is 15.8. The Bertz CT molecular complexity index is 972. The Morgan fingerprint density at radius 2 is 1.89 bits per heavy atom. The summed E-state index contributed by atoms with van der Waals surface area (Å²) in [5.41, 5.74) is 1.89. The van der Waals surface area contributed by atoms with Crippen LogP contribution in [0.1, 0.15) is 24.3 Å². The minimum Gasteiger partial charge on any atom is -0.476 e. The van der Waals surface area contributed by atoms with Gasteiger partial charge in [0.25, 0.3) is 5.91 Å². The first-order valence-electron chi connectivity index (χ1n) is 8.75. The van der Waals surface area contributed by atoms with Gasteiger partial charge in [-0.3, -0.25) is 9.48 Å². The van der Waals surface area contributed by atoms with Crippen LogP contribution >= 0.6 is 0 Å². The second kappa shape index (κ2) is 8.47. The molecule has 0 aliphatic heterocycles. The number of nitrogens with one attached hydrogen (secondary N) is 1. The van der Waals surface area contributed by atoms with E-state index in [-0.39, 0.29) is 17.7 Å². The fourth-order valence-electron chi connectivity index (χ4n) is 2.51. The molecule has 0 saturated heterocycles. The molecule has 1 N–H and O–H groups in total. The van der Waals surface area contributed by atoms with E-state index in [1.54, 1.807) is 25.2 Å². The van der Waals surface area contributed by atoms with E-state index in [1.165, 1.54) is 23.0 Å². The van der Waals surface area contributed by atoms with Crippen molar-refractivity contribution in [2.45, 2.75) is 13.8 Å². The van der Waals surface area contributed by atoms with E-state index < -0.39 is 5.91 Å². The van der Waals surface area contributed by atoms with E-state index in [0.717, 1.165) is 0 Å². The quantitative estimate of drug-likeness (QED) is 0.672. The van der Waals surface area contributed by atoms with Crippen LogP contribution in [0.2, 0.25) is 0 Å². The molecule has 0 unspecified atom stereocenters. The van der Waals surface area contributed by atoms with Crippen molar-refractivity contribution in [3.05, 3.63) is 48.0 Å². The molecule has 0 radical (unpaired) electrons. The number of nitrogens with zero attached hydrogens (tertiary/aromatic N) is 4. The van der Waals surface area contributed by atoms with Crippen molar-refractivity contribution in [2.75, 3.05) is 18.5 Å². The Hall–Kier alpha value is -3.49. The number of halogens is 1. The number of hydrogen-bond acceptors (Lipinski definition) is 6. The monoisotopic (exact) mass is 385 g/mol. The Morgan fingerprint density at radius 1 is 1.18 bits per heavy atom. The third kappa shape index (κ3) is 4.25. The zero-order chi connectivity index (χ0) is 20.1. The Kier molecular flexibility index (Phi) is 5.83. The zero-order valence-corrected chi connectivity index (χ0v) is 15.8. The topological polar surface area (TPSA) is 91.2 Å². The molecule has 0 spiro atoms. The third-order valence-corrected chi connectivity index (χ3v) is 3.79. The van der Waals surface area contributed by atoms with Gasteiger partial charge in [0, 0.05) is 12.6 Å². The molecular formula is C19H20FN5O3. The van der Waals surface area contributed by atoms with Crippen molar-refractivity contribution in [3.63, 3.8) is 0 Å². The number of aromatic nitrogens is 4. The number of amides is 1. The van der Waals surface area contributed by atoms with Crippen LogP contribution in [0.25, 0.3) is 11.3 Å². The van der Waals surface area contributed by atoms with Crippen molar-refractivity contribution in [2.24, 2.45) is 7.05 Å². The molecule has 28 heavy (non-hydrogen) atoms. The highest BCUT2D eigenvalue weighted by Crippen LogP contribution is 2.25. The smallest absolute Gasteiger partial charge is 0.319 e. The predicted octanol–water partition coefficient (Wildman–Crippen LogP) is 3.07. The highest BCUT2D eigenvalue weighted by Gasteiger charge is 2.18. The average Bonchev–Trinajstić information content (AvgIpc) is 3.06. The van der Waals surface area contributed by atoms with Gasteiger partial charge in [0.2, 0.25) is 5.88 Å². The van der Waals surface area contributed by atoms with Crippen LogP contribution < -0.4 is 14.8 Å². The average molecular weight is 385 g/mol. The number of ether oxygens (including phenoxy) is 2. The second-order valence-corrected chi connectivity index (χ2v) is 5.74. The van der Waals surface area contributed by atoms with E-state index in [1.807, 2.05) is 13.8 Å². The van der Waals surface area contributed by atoms with E-state index in [0.29, 0.717) is 35.9 Å². The highest BCUT2D eigenvalue weighted by atomic mass is 19.1. The number of rotatable bonds is 7. The van der Waals surface area contributed by atoms with Crippen molar-refractivity contribution in [1.29, 1.82) is 0 Å². The van der Waals surface area contributed by atoms with Crippen LogP contribution in [0.15, 0.2) is 36.5 Å². The summed E-state index contributed by atoms with van der Waals surface area (Å²) in [6, 6.07) is 7.69. The largest absolute Gasteiger partial charge is 0.476 e. The van der Waals surface area contributed by atoms with E-state index in [4.69, 9.17) is 9.47 Å². The Labute approximate surface area is 161 Å². The van der Waals surface area contributed by atoms with Crippen molar-refractivity contribution >= 4 is 11.6 Å². The first kappa shape index (κ1) is 19.3. The third-order valence-electron chi connectivity index (χ3n) is 3.79. The van der Waals surface area contributed by atoms with Crippen LogP contribution in [0.3, 0.4) is 0 Å². The Balaban J connectivity index is 1.84. The van der Waals surface area contributed by atoms with Crippen LogP contribution in [0.5, 0.6) is 11.9 Å². The molecule has 0 fully saturated rings. The van der Waals surface area contributed by atoms with Crippen LogP contribution in [-0.2, 0) is 7.05 Å². The molecular weight excluding hydrogens is 365 g/mol. The molecule has 0 aliphatic carbocycles. The van der Waals surface area contributed by atoms with Gasteiger partial charge in [-0.25, -0.2) is 9.37 Å². The standard InChI is InChI=1S/C19H20FN5O3/c1-4-27-18-15(11-21-19(23-18)28-5-2)22-17(26)16-10-14(24-25(16)3)12-6-8-13(20)9-7-12/h6-11H,4-5H2,1-3H3,(H,22,26). The summed E-state index contributed by atoms with van der Waals surface area (Å²) in [6.45, 7) is 4.41. The minimum absolute atomic E-state index is 0.170. The SMILES string of the molecule is CCOc1ncc(NC(=O)c2cc(-c3ccc(F)cc3)nn2C)c(OCC)n1. The maximum atomic E-state index is 13.1. The first-order valence-corrected chi connectivity index (χ1v) is 8.75. The number of carbonyl (C=O) groups is 1. The number of benzene rings is 1. The van der Waals surface area contributed by atoms with E-state index in [2.05, 4.69) is 20.4 Å². The maximum absolute atomic E-state index is 13.1. The molecule has 1 amide bonds. The predicted molar refractivity (Wildman–Crippen MR) is 101 cm³/mol. The number of aryl methyl sites for hydroxylation is 1. The lowest BCUT2D eigenvalue weighted by atomic mass is 10.1. The summed E-state index contributed by atoms with van der Waals surface area (Å²) in [4.78, 5) is 20.9. The highest BCUT2D eigenvalue weighted by molar-refractivity contribution is 6.04. The number of anilines is 1. The van der Waals surface area contributed by atoms with Gasteiger partial charge in [0.15, 0.2) is 0 Å². The molecule has 9 heteroatoms. The van der Waals surface area contributed by atoms with Crippen LogP contribution in [0.4, 0.5) is 10.1 Å². The second-order valence-electron chi connectivity index (χ2n) is 5.74. The molecule has 3 rings (SSSR count). The Morgan fingerprint density at radius 3 is 2.57 bits per heavy atom. The molecule has 2 heterocycles. The van der Waals surface area contributed by atoms with Crippen LogP contribution in [-0.4, -0.2) is 38.9 Å². The van der Waals surface area contributed by atoms with E-state index in [9.17, 15) is 9.18 Å². The molecule has 3 aromatic rings. The number of hydrogen-bond donors (Lipinski definition) is 1. The lowest BCUT2D eigenvalue weighted by molar-refractivity contribution is 0.101. The van der Waals surface area contributed by atoms with Gasteiger partial charge in [-0.15, -0.1) is 0 Å². The minimum atomic E-state index is -0.405. The summed E-state index contributed by atoms with van der Waals surface area (Å²) >= 11 is 0. The summed E-state index contributed by atoms with van der Waals surface area (Å²) in [7, 11) is 1.65. The van der Waals surface area contributed by atoms with Crippen molar-refractivity contribution in [1.82, 2.24) is 19.7 Å². The number of carbonyl (C=O) groups excluding carboxylic acids is 1. The van der Waals surface area contributed by atoms with Gasteiger partial charge in [0.05, 0.1) is 25.1 Å². The molecule has 0 bridgehead atoms. The summed E-state index contributed by atoms with van der Waals surface area (Å²) in [6.07, 6.45) is 1.43. The lowest BCUT2D eigenvalue weighted by Gasteiger charge is -2.11. The van der Waals surface area contributed by atoms with Crippen molar-refractivity contribution in [3.8, 4) is 23.1 Å². The van der Waals surface area contributed by atoms with Crippen molar-refractivity contribution < 1.29 is 18.7 Å². The lowest BCUT2D eigenvalue weighted by Crippen LogP contribution is -2.17. The maximum Gasteiger partial charge on any atom is 0.319 e.